The van der Waals surface area contributed by atoms with Crippen molar-refractivity contribution in [3.8, 4) is 0 Å². The molecule has 0 radical (unpaired) electrons. The molecule has 0 amide bonds. The first-order valence-corrected chi connectivity index (χ1v) is 9.06. The number of thiazole rings is 1. The van der Waals surface area contributed by atoms with Gasteiger partial charge in [-0.3, -0.25) is 0 Å². The zero-order valence-corrected chi connectivity index (χ0v) is 12.7. The van der Waals surface area contributed by atoms with E-state index >= 15 is 0 Å². The Morgan fingerprint density at radius 2 is 1.85 bits per heavy atom. The number of carboxylic acid groups (broad SMARTS) is 1. The number of carbonyl (C=O) groups is 1. The Kier molecular flexibility index (Phi) is 5.11. The molecule has 0 aliphatic heterocycles. The summed E-state index contributed by atoms with van der Waals surface area (Å²) in [5, 5.41) is 8.96. The van der Waals surface area contributed by atoms with Crippen molar-refractivity contribution >= 4 is 27.3 Å². The van der Waals surface area contributed by atoms with Gasteiger partial charge in [-0.05, 0) is 12.8 Å². The van der Waals surface area contributed by atoms with Crippen LogP contribution in [0.2, 0.25) is 0 Å². The van der Waals surface area contributed by atoms with E-state index in [0.29, 0.717) is 0 Å². The Morgan fingerprint density at radius 1 is 1.25 bits per heavy atom. The maximum absolute atomic E-state index is 12.3. The summed E-state index contributed by atoms with van der Waals surface area (Å²) in [5.41, 5.74) is 0.851. The van der Waals surface area contributed by atoms with E-state index in [1.54, 1.807) is 0 Å². The Morgan fingerprint density at radius 3 is 2.45 bits per heavy atom. The van der Waals surface area contributed by atoms with E-state index in [4.69, 9.17) is 5.11 Å². The number of aromatic carboxylic acids is 1. The second-order valence-electron chi connectivity index (χ2n) is 4.96. The van der Waals surface area contributed by atoms with Gasteiger partial charge in [0.1, 0.15) is 0 Å². The third kappa shape index (κ3) is 3.77. The van der Waals surface area contributed by atoms with Crippen LogP contribution in [0.5, 0.6) is 0 Å². The lowest BCUT2D eigenvalue weighted by molar-refractivity contribution is 0.0687. The van der Waals surface area contributed by atoms with Gasteiger partial charge in [0, 0.05) is 6.04 Å². The lowest BCUT2D eigenvalue weighted by atomic mass is 9.97. The predicted octanol–water partition coefficient (Wildman–Crippen LogP) is 2.23. The van der Waals surface area contributed by atoms with Crippen molar-refractivity contribution in [2.75, 3.05) is 0 Å². The molecule has 1 aromatic rings. The van der Waals surface area contributed by atoms with Gasteiger partial charge < -0.3 is 5.11 Å². The van der Waals surface area contributed by atoms with E-state index in [1.165, 1.54) is 11.9 Å². The monoisotopic (exact) mass is 318 g/mol. The number of carboxylic acids is 1. The van der Waals surface area contributed by atoms with Crippen LogP contribution in [0.3, 0.4) is 0 Å². The van der Waals surface area contributed by atoms with Crippen LogP contribution in [-0.4, -0.2) is 30.5 Å². The summed E-state index contributed by atoms with van der Waals surface area (Å²) >= 11 is 0.840. The molecule has 1 aromatic heterocycles. The van der Waals surface area contributed by atoms with Crippen molar-refractivity contribution in [1.29, 1.82) is 0 Å². The van der Waals surface area contributed by atoms with Crippen molar-refractivity contribution < 1.29 is 18.3 Å². The SMILES string of the molecule is O=C(O)c1ncsc1S(=O)(=O)NC1CCCCCCC1. The molecule has 1 aliphatic rings. The standard InChI is InChI=1S/C12H18N2O4S2/c15-11(16)10-12(19-8-13-10)20(17,18)14-9-6-4-2-1-3-5-7-9/h8-9,14H,1-7H2,(H,15,16). The first kappa shape index (κ1) is 15.4. The summed E-state index contributed by atoms with van der Waals surface area (Å²) in [5.74, 6) is -1.32. The number of hydrogen-bond donors (Lipinski definition) is 2. The number of nitrogens with one attached hydrogen (secondary N) is 1. The van der Waals surface area contributed by atoms with Gasteiger partial charge in [0.2, 0.25) is 0 Å². The van der Waals surface area contributed by atoms with Crippen LogP contribution in [-0.2, 0) is 10.0 Å². The highest BCUT2D eigenvalue weighted by molar-refractivity contribution is 7.91. The highest BCUT2D eigenvalue weighted by Crippen LogP contribution is 2.23. The van der Waals surface area contributed by atoms with Crippen LogP contribution in [0.1, 0.15) is 55.4 Å². The number of aromatic nitrogens is 1. The van der Waals surface area contributed by atoms with Crippen LogP contribution < -0.4 is 4.72 Å². The molecule has 0 bridgehead atoms. The minimum Gasteiger partial charge on any atom is -0.476 e. The van der Waals surface area contributed by atoms with E-state index in [1.807, 2.05) is 0 Å². The van der Waals surface area contributed by atoms with Gasteiger partial charge in [-0.1, -0.05) is 32.1 Å². The summed E-state index contributed by atoms with van der Waals surface area (Å²) in [4.78, 5) is 14.6. The molecule has 0 atom stereocenters. The largest absolute Gasteiger partial charge is 0.476 e. The van der Waals surface area contributed by atoms with Crippen LogP contribution in [0, 0.1) is 0 Å². The molecule has 112 valence electrons. The summed E-state index contributed by atoms with van der Waals surface area (Å²) in [6, 6.07) is -0.107. The summed E-state index contributed by atoms with van der Waals surface area (Å²) < 4.78 is 27.0. The quantitative estimate of drug-likeness (QED) is 0.887. The average molecular weight is 318 g/mol. The third-order valence-corrected chi connectivity index (χ3v) is 6.30. The summed E-state index contributed by atoms with van der Waals surface area (Å²) in [6.45, 7) is 0. The van der Waals surface area contributed by atoms with Crippen LogP contribution >= 0.6 is 11.3 Å². The van der Waals surface area contributed by atoms with Gasteiger partial charge in [-0.25, -0.2) is 22.9 Å². The fraction of sp³-hybridized carbons (Fsp3) is 0.667. The van der Waals surface area contributed by atoms with E-state index in [2.05, 4.69) is 9.71 Å². The van der Waals surface area contributed by atoms with Gasteiger partial charge >= 0.3 is 5.97 Å². The highest BCUT2D eigenvalue weighted by Gasteiger charge is 2.28. The molecule has 0 spiro atoms. The lowest BCUT2D eigenvalue weighted by Gasteiger charge is -2.20. The maximum Gasteiger partial charge on any atom is 0.356 e. The topological polar surface area (TPSA) is 96.4 Å². The smallest absolute Gasteiger partial charge is 0.356 e. The van der Waals surface area contributed by atoms with E-state index in [9.17, 15) is 13.2 Å². The Hall–Kier alpha value is -0.990. The average Bonchev–Trinajstić information content (AvgIpc) is 2.82. The van der Waals surface area contributed by atoms with Crippen LogP contribution in [0.4, 0.5) is 0 Å². The molecule has 0 saturated heterocycles. The van der Waals surface area contributed by atoms with Gasteiger partial charge in [0.25, 0.3) is 10.0 Å². The first-order chi connectivity index (χ1) is 9.50. The third-order valence-electron chi connectivity index (χ3n) is 3.41. The zero-order valence-electron chi connectivity index (χ0n) is 11.0. The van der Waals surface area contributed by atoms with Crippen LogP contribution in [0.15, 0.2) is 9.72 Å². The van der Waals surface area contributed by atoms with E-state index in [0.717, 1.165) is 49.9 Å². The zero-order chi connectivity index (χ0) is 14.6. The minimum atomic E-state index is -3.80. The molecular weight excluding hydrogens is 300 g/mol. The van der Waals surface area contributed by atoms with Crippen molar-refractivity contribution in [2.24, 2.45) is 0 Å². The van der Waals surface area contributed by atoms with Gasteiger partial charge in [0.05, 0.1) is 5.51 Å². The molecule has 0 aromatic carbocycles. The van der Waals surface area contributed by atoms with Crippen molar-refractivity contribution in [1.82, 2.24) is 9.71 Å². The normalized spacial score (nSPS) is 18.4. The van der Waals surface area contributed by atoms with Gasteiger partial charge in [0.15, 0.2) is 9.90 Å². The first-order valence-electron chi connectivity index (χ1n) is 6.70. The molecule has 0 unspecified atom stereocenters. The van der Waals surface area contributed by atoms with E-state index < -0.39 is 21.7 Å². The highest BCUT2D eigenvalue weighted by atomic mass is 32.2. The molecule has 1 fully saturated rings. The molecule has 6 nitrogen and oxygen atoms in total. The summed E-state index contributed by atoms with van der Waals surface area (Å²) in [6.07, 6.45) is 7.07. The molecule has 2 N–H and O–H groups in total. The molecule has 2 rings (SSSR count). The molecule has 20 heavy (non-hydrogen) atoms. The molecule has 1 heterocycles. The Bertz CT molecular complexity index is 560. The minimum absolute atomic E-state index is 0.107. The number of hydrogen-bond acceptors (Lipinski definition) is 5. The second kappa shape index (κ2) is 6.64. The van der Waals surface area contributed by atoms with E-state index in [-0.39, 0.29) is 10.3 Å². The molecule has 1 aliphatic carbocycles. The lowest BCUT2D eigenvalue weighted by Crippen LogP contribution is -2.35. The molecule has 8 heteroatoms. The number of nitrogens with zero attached hydrogens (tertiary/aromatic N) is 1. The van der Waals surface area contributed by atoms with Gasteiger partial charge in [-0.15, -0.1) is 11.3 Å². The van der Waals surface area contributed by atoms with Crippen LogP contribution in [0.25, 0.3) is 0 Å². The summed E-state index contributed by atoms with van der Waals surface area (Å²) in [7, 11) is -3.80. The number of sulfonamides is 1. The van der Waals surface area contributed by atoms with Crippen molar-refractivity contribution in [3.05, 3.63) is 11.2 Å². The Labute approximate surface area is 122 Å². The van der Waals surface area contributed by atoms with Crippen molar-refractivity contribution in [3.63, 3.8) is 0 Å². The fourth-order valence-electron chi connectivity index (χ4n) is 2.42. The molecular formula is C12H18N2O4S2. The second-order valence-corrected chi connectivity index (χ2v) is 7.72. The fourth-order valence-corrected chi connectivity index (χ4v) is 4.88. The van der Waals surface area contributed by atoms with Crippen molar-refractivity contribution in [2.45, 2.75) is 55.2 Å². The van der Waals surface area contributed by atoms with Gasteiger partial charge in [-0.2, -0.15) is 0 Å². The molecule has 1 saturated carbocycles. The maximum atomic E-state index is 12.3. The Balaban J connectivity index is 2.13. The predicted molar refractivity (Wildman–Crippen MR) is 75.5 cm³/mol. The number of rotatable bonds is 4.